The highest BCUT2D eigenvalue weighted by molar-refractivity contribution is 5.77. The summed E-state index contributed by atoms with van der Waals surface area (Å²) in [5, 5.41) is 0. The summed E-state index contributed by atoms with van der Waals surface area (Å²) in [6, 6.07) is 1.85. The van der Waals surface area contributed by atoms with E-state index < -0.39 is 0 Å². The average molecular weight is 221 g/mol. The van der Waals surface area contributed by atoms with E-state index in [0.29, 0.717) is 12.5 Å². The van der Waals surface area contributed by atoms with Crippen LogP contribution in [0.4, 0.5) is 0 Å². The first-order chi connectivity index (χ1) is 7.67. The summed E-state index contributed by atoms with van der Waals surface area (Å²) in [6.07, 6.45) is 1.74. The van der Waals surface area contributed by atoms with Crippen LogP contribution in [0.5, 0.6) is 0 Å². The molecule has 1 aromatic heterocycles. The SMILES string of the molecule is CCN(CC)C(N)=NCc1ccnc(C)n1. The van der Waals surface area contributed by atoms with E-state index in [4.69, 9.17) is 5.73 Å². The van der Waals surface area contributed by atoms with Crippen molar-refractivity contribution in [1.82, 2.24) is 14.9 Å². The normalized spacial score (nSPS) is 11.6. The summed E-state index contributed by atoms with van der Waals surface area (Å²) in [4.78, 5) is 14.6. The van der Waals surface area contributed by atoms with E-state index in [1.807, 2.05) is 17.9 Å². The van der Waals surface area contributed by atoms with Crippen LogP contribution in [0.2, 0.25) is 0 Å². The molecule has 1 rings (SSSR count). The zero-order valence-electron chi connectivity index (χ0n) is 10.1. The highest BCUT2D eigenvalue weighted by Crippen LogP contribution is 1.97. The van der Waals surface area contributed by atoms with E-state index in [1.165, 1.54) is 0 Å². The van der Waals surface area contributed by atoms with Gasteiger partial charge in [-0.3, -0.25) is 0 Å². The zero-order chi connectivity index (χ0) is 12.0. The zero-order valence-corrected chi connectivity index (χ0v) is 10.1. The molecule has 0 aromatic carbocycles. The van der Waals surface area contributed by atoms with E-state index >= 15 is 0 Å². The molecule has 0 atom stereocenters. The van der Waals surface area contributed by atoms with Gasteiger partial charge in [-0.15, -0.1) is 0 Å². The standard InChI is InChI=1S/C11H19N5/c1-4-16(5-2)11(12)14-8-10-6-7-13-9(3)15-10/h6-7H,4-5,8H2,1-3H3,(H2,12,14). The van der Waals surface area contributed by atoms with Crippen LogP contribution in [0, 0.1) is 6.92 Å². The smallest absolute Gasteiger partial charge is 0.191 e. The molecule has 0 amide bonds. The minimum absolute atomic E-state index is 0.506. The van der Waals surface area contributed by atoms with E-state index in [-0.39, 0.29) is 0 Å². The molecule has 0 aliphatic carbocycles. The molecule has 0 spiro atoms. The first-order valence-electron chi connectivity index (χ1n) is 5.50. The maximum atomic E-state index is 5.86. The van der Waals surface area contributed by atoms with Crippen LogP contribution in [-0.4, -0.2) is 33.9 Å². The quantitative estimate of drug-likeness (QED) is 0.607. The van der Waals surface area contributed by atoms with Crippen LogP contribution in [0.15, 0.2) is 17.3 Å². The number of aryl methyl sites for hydroxylation is 1. The Morgan fingerprint density at radius 1 is 1.44 bits per heavy atom. The first-order valence-corrected chi connectivity index (χ1v) is 5.50. The maximum Gasteiger partial charge on any atom is 0.191 e. The van der Waals surface area contributed by atoms with Gasteiger partial charge in [0.05, 0.1) is 12.2 Å². The van der Waals surface area contributed by atoms with Crippen molar-refractivity contribution in [2.24, 2.45) is 10.7 Å². The second-order valence-electron chi connectivity index (χ2n) is 3.44. The molecular formula is C11H19N5. The molecule has 0 saturated carbocycles. The van der Waals surface area contributed by atoms with Gasteiger partial charge in [0.15, 0.2) is 5.96 Å². The third-order valence-corrected chi connectivity index (χ3v) is 2.32. The van der Waals surface area contributed by atoms with Crippen LogP contribution >= 0.6 is 0 Å². The van der Waals surface area contributed by atoms with Gasteiger partial charge >= 0.3 is 0 Å². The number of nitrogens with two attached hydrogens (primary N) is 1. The Labute approximate surface area is 96.4 Å². The van der Waals surface area contributed by atoms with Crippen molar-refractivity contribution in [3.63, 3.8) is 0 Å². The lowest BCUT2D eigenvalue weighted by molar-refractivity contribution is 0.458. The summed E-state index contributed by atoms with van der Waals surface area (Å²) in [7, 11) is 0. The van der Waals surface area contributed by atoms with Crippen molar-refractivity contribution in [3.05, 3.63) is 23.8 Å². The molecule has 0 unspecified atom stereocenters. The van der Waals surface area contributed by atoms with Gasteiger partial charge in [0.1, 0.15) is 5.82 Å². The number of rotatable bonds is 4. The largest absolute Gasteiger partial charge is 0.370 e. The molecule has 2 N–H and O–H groups in total. The fourth-order valence-corrected chi connectivity index (χ4v) is 1.40. The van der Waals surface area contributed by atoms with E-state index in [2.05, 4.69) is 28.8 Å². The van der Waals surface area contributed by atoms with Crippen molar-refractivity contribution in [1.29, 1.82) is 0 Å². The van der Waals surface area contributed by atoms with Gasteiger partial charge in [-0.1, -0.05) is 0 Å². The fraction of sp³-hybridized carbons (Fsp3) is 0.545. The van der Waals surface area contributed by atoms with Crippen LogP contribution in [0.1, 0.15) is 25.4 Å². The maximum absolute atomic E-state index is 5.86. The molecule has 1 aromatic rings. The molecule has 0 bridgehead atoms. The minimum atomic E-state index is 0.506. The van der Waals surface area contributed by atoms with Gasteiger partial charge in [-0.05, 0) is 26.8 Å². The monoisotopic (exact) mass is 221 g/mol. The number of aromatic nitrogens is 2. The lowest BCUT2D eigenvalue weighted by atomic mass is 10.4. The molecule has 0 aliphatic rings. The Morgan fingerprint density at radius 3 is 2.69 bits per heavy atom. The van der Waals surface area contributed by atoms with Crippen LogP contribution < -0.4 is 5.73 Å². The minimum Gasteiger partial charge on any atom is -0.370 e. The Hall–Kier alpha value is -1.65. The molecule has 0 aliphatic heterocycles. The van der Waals surface area contributed by atoms with Crippen LogP contribution in [0.25, 0.3) is 0 Å². The predicted octanol–water partition coefficient (Wildman–Crippen LogP) is 0.942. The first kappa shape index (κ1) is 12.4. The van der Waals surface area contributed by atoms with Gasteiger partial charge in [-0.2, -0.15) is 0 Å². The number of nitrogens with zero attached hydrogens (tertiary/aromatic N) is 4. The van der Waals surface area contributed by atoms with E-state index in [9.17, 15) is 0 Å². The number of guanidine groups is 1. The molecule has 0 saturated heterocycles. The summed E-state index contributed by atoms with van der Waals surface area (Å²) >= 11 is 0. The summed E-state index contributed by atoms with van der Waals surface area (Å²) < 4.78 is 0. The topological polar surface area (TPSA) is 67.4 Å². The van der Waals surface area contributed by atoms with Crippen molar-refractivity contribution in [3.8, 4) is 0 Å². The van der Waals surface area contributed by atoms with Gasteiger partial charge in [-0.25, -0.2) is 15.0 Å². The molecule has 5 heteroatoms. The molecular weight excluding hydrogens is 202 g/mol. The van der Waals surface area contributed by atoms with Crippen molar-refractivity contribution < 1.29 is 0 Å². The Bertz CT molecular complexity index is 357. The number of hydrogen-bond donors (Lipinski definition) is 1. The third-order valence-electron chi connectivity index (χ3n) is 2.32. The second-order valence-corrected chi connectivity index (χ2v) is 3.44. The van der Waals surface area contributed by atoms with Crippen molar-refractivity contribution in [2.75, 3.05) is 13.1 Å². The molecule has 88 valence electrons. The average Bonchev–Trinajstić information content (AvgIpc) is 2.28. The number of aliphatic imine (C=N–C) groups is 1. The molecule has 16 heavy (non-hydrogen) atoms. The Balaban J connectivity index is 2.65. The van der Waals surface area contributed by atoms with Crippen molar-refractivity contribution >= 4 is 5.96 Å². The van der Waals surface area contributed by atoms with Crippen LogP contribution in [-0.2, 0) is 6.54 Å². The van der Waals surface area contributed by atoms with Gasteiger partial charge < -0.3 is 10.6 Å². The Morgan fingerprint density at radius 2 is 2.12 bits per heavy atom. The third kappa shape index (κ3) is 3.49. The lowest BCUT2D eigenvalue weighted by Crippen LogP contribution is -2.37. The van der Waals surface area contributed by atoms with Gasteiger partial charge in [0, 0.05) is 19.3 Å². The van der Waals surface area contributed by atoms with E-state index in [0.717, 1.165) is 24.6 Å². The van der Waals surface area contributed by atoms with Crippen LogP contribution in [0.3, 0.4) is 0 Å². The molecule has 0 fully saturated rings. The van der Waals surface area contributed by atoms with Crippen molar-refractivity contribution in [2.45, 2.75) is 27.3 Å². The second kappa shape index (κ2) is 6.05. The van der Waals surface area contributed by atoms with Gasteiger partial charge in [0.25, 0.3) is 0 Å². The number of hydrogen-bond acceptors (Lipinski definition) is 3. The van der Waals surface area contributed by atoms with E-state index in [1.54, 1.807) is 6.20 Å². The summed E-state index contributed by atoms with van der Waals surface area (Å²) in [5.74, 6) is 1.33. The highest BCUT2D eigenvalue weighted by Gasteiger charge is 2.02. The highest BCUT2D eigenvalue weighted by atomic mass is 15.2. The lowest BCUT2D eigenvalue weighted by Gasteiger charge is -2.19. The summed E-state index contributed by atoms with van der Waals surface area (Å²) in [6.45, 7) is 8.22. The predicted molar refractivity (Wildman–Crippen MR) is 65.0 cm³/mol. The van der Waals surface area contributed by atoms with Gasteiger partial charge in [0.2, 0.25) is 0 Å². The molecule has 0 radical (unpaired) electrons. The molecule has 5 nitrogen and oxygen atoms in total. The molecule has 1 heterocycles. The fourth-order valence-electron chi connectivity index (χ4n) is 1.40. The summed E-state index contributed by atoms with van der Waals surface area (Å²) in [5.41, 5.74) is 6.75. The Kier molecular flexibility index (Phi) is 4.69.